The van der Waals surface area contributed by atoms with Crippen LogP contribution in [0, 0.1) is 12.3 Å². The minimum Gasteiger partial charge on any atom is -0.492 e. The van der Waals surface area contributed by atoms with E-state index in [0.717, 1.165) is 28.0 Å². The van der Waals surface area contributed by atoms with Crippen LogP contribution < -0.4 is 21.1 Å². The molecular formula is C49H60N8O13S2. The Morgan fingerprint density at radius 1 is 0.944 bits per heavy atom. The van der Waals surface area contributed by atoms with Gasteiger partial charge in [-0.2, -0.15) is 13.5 Å². The molecule has 6 N–H and O–H groups in total. The zero-order valence-corrected chi connectivity index (χ0v) is 43.1. The van der Waals surface area contributed by atoms with Gasteiger partial charge < -0.3 is 35.0 Å². The van der Waals surface area contributed by atoms with Gasteiger partial charge in [0.15, 0.2) is 10.8 Å². The number of nitrogens with one attached hydrogen (secondary N) is 3. The van der Waals surface area contributed by atoms with Crippen LogP contribution in [0.4, 0.5) is 14.7 Å². The van der Waals surface area contributed by atoms with Crippen LogP contribution in [0.3, 0.4) is 0 Å². The number of rotatable bonds is 16. The number of aryl methyl sites for hydroxylation is 1. The van der Waals surface area contributed by atoms with Gasteiger partial charge >= 0.3 is 28.6 Å². The van der Waals surface area contributed by atoms with Gasteiger partial charge in [-0.3, -0.25) is 24.9 Å². The standard InChI is InChI=1S/C49H60N8O13S2/c1-28-37(52-44(71-28)54-45(61)67-47(2,3)4)38(42(59)53-40-43(60)57(49(40,8)9)70-72(63,64)65)55-69-34(58)24-27-66-39-32(29-22-25-56(26-23-29)46(62)68-48(5,6)7)20-21-33(41(50)51)36(39)35(30-16-12-10-13-17-30)31-18-14-11-15-19-31/h10-21,29,35,40H,22-27H2,1-9H3,(H3,50,51)(H,53,59)(H,52,54,61)(H,63,64,65)/b55-38-/t40-/m1/s1. The lowest BCUT2D eigenvalue weighted by Gasteiger charge is -2.50. The maximum Gasteiger partial charge on any atom is 0.418 e. The average molecular weight is 1030 g/mol. The quantitative estimate of drug-likeness (QED) is 0.0145. The van der Waals surface area contributed by atoms with Crippen LogP contribution >= 0.6 is 11.3 Å². The largest absolute Gasteiger partial charge is 0.492 e. The zero-order valence-electron chi connectivity index (χ0n) is 41.4. The van der Waals surface area contributed by atoms with Crippen LogP contribution in [-0.2, 0) is 43.4 Å². The third kappa shape index (κ3) is 13.5. The zero-order chi connectivity index (χ0) is 52.9. The van der Waals surface area contributed by atoms with Crippen molar-refractivity contribution in [2.24, 2.45) is 10.9 Å². The molecule has 2 fully saturated rings. The molecule has 0 spiro atoms. The maximum absolute atomic E-state index is 14.0. The first kappa shape index (κ1) is 54.4. The summed E-state index contributed by atoms with van der Waals surface area (Å²) in [6.07, 6.45) is -0.615. The molecule has 72 heavy (non-hydrogen) atoms. The Morgan fingerprint density at radius 3 is 2.06 bits per heavy atom. The van der Waals surface area contributed by atoms with Crippen LogP contribution in [0.5, 0.6) is 5.75 Å². The molecule has 0 aliphatic carbocycles. The van der Waals surface area contributed by atoms with E-state index >= 15 is 0 Å². The molecule has 6 rings (SSSR count). The fraction of sp³-hybridized carbons (Fsp3) is 0.429. The van der Waals surface area contributed by atoms with Crippen molar-refractivity contribution < 1.29 is 60.3 Å². The molecule has 23 heteroatoms. The number of ether oxygens (including phenoxy) is 3. The van der Waals surface area contributed by atoms with Crippen LogP contribution in [0.15, 0.2) is 78.0 Å². The third-order valence-corrected chi connectivity index (χ3v) is 12.6. The van der Waals surface area contributed by atoms with Crippen LogP contribution in [0.2, 0.25) is 0 Å². The molecule has 3 aromatic carbocycles. The number of nitrogens with two attached hydrogens (primary N) is 1. The SMILES string of the molecule is Cc1sc(NC(=O)OC(C)(C)C)nc1/C(=N/OC(=O)CCOc1c(C2CCN(C(=O)OC(C)(C)C)CC2)ccc(C(=N)N)c1C(c1ccccc1)c1ccccc1)C(=O)N[C@@H]1C(=O)N(OS(=O)(=O)O)C1(C)C. The van der Waals surface area contributed by atoms with Crippen molar-refractivity contribution in [1.82, 2.24) is 20.3 Å². The highest BCUT2D eigenvalue weighted by molar-refractivity contribution is 7.80. The van der Waals surface area contributed by atoms with Gasteiger partial charge in [0.05, 0.1) is 18.6 Å². The molecule has 4 aromatic rings. The first-order chi connectivity index (χ1) is 33.6. The lowest BCUT2D eigenvalue weighted by Crippen LogP contribution is -2.76. The summed E-state index contributed by atoms with van der Waals surface area (Å²) in [5.41, 5.74) is 6.04. The van der Waals surface area contributed by atoms with Crippen LogP contribution in [0.1, 0.15) is 125 Å². The van der Waals surface area contributed by atoms with E-state index in [1.807, 2.05) is 87.5 Å². The molecule has 386 valence electrons. The first-order valence-electron chi connectivity index (χ1n) is 22.9. The predicted octanol–water partition coefficient (Wildman–Crippen LogP) is 6.93. The fourth-order valence-electron chi connectivity index (χ4n) is 8.19. The first-order valence-corrected chi connectivity index (χ1v) is 25.1. The number of thiazole rings is 1. The number of carbonyl (C=O) groups excluding carboxylic acids is 5. The van der Waals surface area contributed by atoms with Crippen LogP contribution in [-0.4, -0.2) is 112 Å². The molecule has 2 aliphatic heterocycles. The van der Waals surface area contributed by atoms with Crippen molar-refractivity contribution >= 4 is 68.4 Å². The molecule has 2 aliphatic rings. The van der Waals surface area contributed by atoms with E-state index in [4.69, 9.17) is 30.2 Å². The Kier molecular flexibility index (Phi) is 16.5. The molecule has 1 aromatic heterocycles. The summed E-state index contributed by atoms with van der Waals surface area (Å²) in [6, 6.07) is 21.5. The van der Waals surface area contributed by atoms with Gasteiger partial charge in [0.1, 0.15) is 34.5 Å². The number of hydrogen-bond acceptors (Lipinski definition) is 16. The number of benzene rings is 3. The van der Waals surface area contributed by atoms with Crippen LogP contribution in [0.25, 0.3) is 0 Å². The maximum atomic E-state index is 14.0. The number of piperidine rings is 1. The molecule has 0 radical (unpaired) electrons. The summed E-state index contributed by atoms with van der Waals surface area (Å²) in [5.74, 6) is -3.57. The topological polar surface area (TPSA) is 292 Å². The van der Waals surface area contributed by atoms with Gasteiger partial charge in [0.25, 0.3) is 11.8 Å². The Labute approximate surface area is 421 Å². The Morgan fingerprint density at radius 2 is 1.53 bits per heavy atom. The van der Waals surface area contributed by atoms with E-state index in [-0.39, 0.29) is 29.2 Å². The van der Waals surface area contributed by atoms with Crippen molar-refractivity contribution in [3.63, 3.8) is 0 Å². The van der Waals surface area contributed by atoms with Crippen molar-refractivity contribution in [1.29, 1.82) is 5.41 Å². The van der Waals surface area contributed by atoms with Crippen molar-refractivity contribution in [3.05, 3.63) is 111 Å². The highest BCUT2D eigenvalue weighted by Crippen LogP contribution is 2.45. The number of nitrogens with zero attached hydrogens (tertiary/aromatic N) is 4. The van der Waals surface area contributed by atoms with Gasteiger partial charge in [-0.15, -0.1) is 15.6 Å². The number of hydrogen-bond donors (Lipinski definition) is 5. The second-order valence-corrected chi connectivity index (χ2v) is 21.8. The van der Waals surface area contributed by atoms with E-state index in [0.29, 0.717) is 52.7 Å². The number of hydroxylamine groups is 2. The summed E-state index contributed by atoms with van der Waals surface area (Å²) in [6.45, 7) is 15.2. The molecule has 0 bridgehead atoms. The van der Waals surface area contributed by atoms with E-state index in [1.165, 1.54) is 13.8 Å². The number of amidine groups is 1. The van der Waals surface area contributed by atoms with E-state index in [2.05, 4.69) is 25.1 Å². The number of likely N-dealkylation sites (tertiary alicyclic amines) is 1. The van der Waals surface area contributed by atoms with Gasteiger partial charge in [0.2, 0.25) is 0 Å². The number of nitrogen functional groups attached to an aromatic ring is 1. The summed E-state index contributed by atoms with van der Waals surface area (Å²) in [5, 5.41) is 18.0. The van der Waals surface area contributed by atoms with Gasteiger partial charge in [-0.05, 0) is 97.8 Å². The number of aromatic nitrogens is 1. The molecule has 21 nitrogen and oxygen atoms in total. The van der Waals surface area contributed by atoms with Gasteiger partial charge in [-0.25, -0.2) is 19.4 Å². The summed E-state index contributed by atoms with van der Waals surface area (Å²) >= 11 is 0.942. The fourth-order valence-corrected chi connectivity index (χ4v) is 9.44. The molecule has 3 heterocycles. The average Bonchev–Trinajstić information content (AvgIpc) is 3.65. The van der Waals surface area contributed by atoms with E-state index in [9.17, 15) is 36.9 Å². The number of β-lactam (4-membered cyclic amide) rings is 1. The highest BCUT2D eigenvalue weighted by atomic mass is 32.3. The van der Waals surface area contributed by atoms with Crippen molar-refractivity contribution in [2.75, 3.05) is 25.0 Å². The van der Waals surface area contributed by atoms with Gasteiger partial charge in [0, 0.05) is 35.0 Å². The Hall–Kier alpha value is -6.95. The second kappa shape index (κ2) is 21.8. The number of oxime groups is 1. The molecule has 0 saturated carbocycles. The monoisotopic (exact) mass is 1030 g/mol. The third-order valence-electron chi connectivity index (χ3n) is 11.4. The number of carbonyl (C=O) groups is 5. The smallest absolute Gasteiger partial charge is 0.418 e. The second-order valence-electron chi connectivity index (χ2n) is 19.6. The summed E-state index contributed by atoms with van der Waals surface area (Å²) in [4.78, 5) is 78.1. The lowest BCUT2D eigenvalue weighted by molar-refractivity contribution is -0.218. The summed E-state index contributed by atoms with van der Waals surface area (Å²) in [7, 11) is -5.11. The minimum absolute atomic E-state index is 0.0102. The molecule has 2 saturated heterocycles. The minimum atomic E-state index is -5.11. The number of anilines is 1. The molecular weight excluding hydrogens is 973 g/mol. The Balaban J connectivity index is 1.32. The molecule has 4 amide bonds. The Bertz CT molecular complexity index is 2800. The van der Waals surface area contributed by atoms with Gasteiger partial charge in [-0.1, -0.05) is 78.0 Å². The molecule has 1 atom stereocenters. The lowest BCUT2D eigenvalue weighted by atomic mass is 9.78. The van der Waals surface area contributed by atoms with Crippen molar-refractivity contribution in [2.45, 2.75) is 116 Å². The normalized spacial score (nSPS) is 16.4. The number of amides is 4. The summed E-state index contributed by atoms with van der Waals surface area (Å²) < 4.78 is 54.2. The predicted molar refractivity (Wildman–Crippen MR) is 266 cm³/mol. The van der Waals surface area contributed by atoms with Crippen molar-refractivity contribution in [3.8, 4) is 5.75 Å². The van der Waals surface area contributed by atoms with E-state index < -0.39 is 81.2 Å². The molecule has 0 unspecified atom stereocenters. The van der Waals surface area contributed by atoms with E-state index in [1.54, 1.807) is 38.7 Å². The highest BCUT2D eigenvalue weighted by Gasteiger charge is 2.58.